The van der Waals surface area contributed by atoms with E-state index >= 15 is 0 Å². The molecule has 0 aliphatic heterocycles. The molecule has 1 atom stereocenters. The Kier molecular flexibility index (Phi) is 4.67. The van der Waals surface area contributed by atoms with E-state index in [-0.39, 0.29) is 20.4 Å². The fourth-order valence-corrected chi connectivity index (χ4v) is 3.18. The third kappa shape index (κ3) is 3.94. The Labute approximate surface area is 113 Å². The molecule has 0 aromatic carbocycles. The summed E-state index contributed by atoms with van der Waals surface area (Å²) >= 11 is 5.39. The maximum absolute atomic E-state index is 11.8. The van der Waals surface area contributed by atoms with E-state index in [0.717, 1.165) is 11.3 Å². The van der Waals surface area contributed by atoms with Gasteiger partial charge in [-0.15, -0.1) is 10.2 Å². The largest absolute Gasteiger partial charge is 0.392 e. The number of hydrogen-bond acceptors (Lipinski definition) is 7. The number of thiocarbonyl (C=S) groups is 1. The summed E-state index contributed by atoms with van der Waals surface area (Å²) in [5, 5.41) is 9.44. The third-order valence-corrected chi connectivity index (χ3v) is 4.78. The lowest BCUT2D eigenvalue weighted by Crippen LogP contribution is -2.41. The number of carbonyl (C=O) groups is 1. The molecule has 1 heterocycles. The van der Waals surface area contributed by atoms with Gasteiger partial charge < -0.3 is 11.1 Å². The monoisotopic (exact) mass is 309 g/mol. The van der Waals surface area contributed by atoms with Crippen LogP contribution in [-0.4, -0.2) is 35.6 Å². The minimum Gasteiger partial charge on any atom is -0.392 e. The van der Waals surface area contributed by atoms with Crippen LogP contribution in [0.2, 0.25) is 0 Å². The van der Waals surface area contributed by atoms with Crippen molar-refractivity contribution in [2.24, 2.45) is 5.73 Å². The summed E-state index contributed by atoms with van der Waals surface area (Å²) < 4.78 is 25.6. The van der Waals surface area contributed by atoms with Crippen molar-refractivity contribution in [2.45, 2.75) is 24.2 Å². The van der Waals surface area contributed by atoms with Crippen LogP contribution >= 0.6 is 23.6 Å². The lowest BCUT2D eigenvalue weighted by Gasteiger charge is -2.09. The SMILES string of the molecule is CC(=O)Nc1nnc(S(=O)(=O)NC(C)C(N)=S)s1. The number of aromatic nitrogens is 2. The van der Waals surface area contributed by atoms with Gasteiger partial charge in [0.15, 0.2) is 0 Å². The minimum absolute atomic E-state index is 0.0187. The number of hydrogen-bond donors (Lipinski definition) is 3. The molecule has 4 N–H and O–H groups in total. The van der Waals surface area contributed by atoms with Crippen molar-refractivity contribution >= 4 is 49.6 Å². The number of anilines is 1. The molecule has 100 valence electrons. The number of sulfonamides is 1. The molecule has 11 heteroatoms. The van der Waals surface area contributed by atoms with Crippen molar-refractivity contribution < 1.29 is 13.2 Å². The van der Waals surface area contributed by atoms with Crippen molar-refractivity contribution in [1.82, 2.24) is 14.9 Å². The molecule has 0 radical (unpaired) electrons. The fraction of sp³-hybridized carbons (Fsp3) is 0.429. The number of rotatable bonds is 5. The Morgan fingerprint density at radius 3 is 2.61 bits per heavy atom. The van der Waals surface area contributed by atoms with Gasteiger partial charge >= 0.3 is 0 Å². The van der Waals surface area contributed by atoms with Gasteiger partial charge in [-0.3, -0.25) is 4.79 Å². The first-order valence-corrected chi connectivity index (χ1v) is 7.36. The highest BCUT2D eigenvalue weighted by molar-refractivity contribution is 7.91. The predicted molar refractivity (Wildman–Crippen MR) is 70.8 cm³/mol. The summed E-state index contributed by atoms with van der Waals surface area (Å²) in [7, 11) is -3.84. The van der Waals surface area contributed by atoms with Crippen LogP contribution in [0.3, 0.4) is 0 Å². The van der Waals surface area contributed by atoms with E-state index in [4.69, 9.17) is 5.73 Å². The van der Waals surface area contributed by atoms with Crippen LogP contribution in [-0.2, 0) is 14.8 Å². The van der Waals surface area contributed by atoms with Crippen LogP contribution in [0.15, 0.2) is 4.34 Å². The van der Waals surface area contributed by atoms with Crippen LogP contribution in [0.25, 0.3) is 0 Å². The van der Waals surface area contributed by atoms with E-state index in [9.17, 15) is 13.2 Å². The van der Waals surface area contributed by atoms with Crippen molar-refractivity contribution in [3.8, 4) is 0 Å². The summed E-state index contributed by atoms with van der Waals surface area (Å²) in [4.78, 5) is 10.8. The third-order valence-electron chi connectivity index (χ3n) is 1.68. The first kappa shape index (κ1) is 14.9. The van der Waals surface area contributed by atoms with Crippen LogP contribution in [0.4, 0.5) is 5.13 Å². The predicted octanol–water partition coefficient (Wildman–Crippen LogP) is -0.551. The molecule has 0 spiro atoms. The van der Waals surface area contributed by atoms with Crippen LogP contribution < -0.4 is 15.8 Å². The van der Waals surface area contributed by atoms with Gasteiger partial charge in [0.1, 0.15) is 0 Å². The lowest BCUT2D eigenvalue weighted by atomic mass is 10.4. The average molecular weight is 309 g/mol. The van der Waals surface area contributed by atoms with Gasteiger partial charge in [-0.1, -0.05) is 23.6 Å². The van der Waals surface area contributed by atoms with Gasteiger partial charge in [0, 0.05) is 6.92 Å². The molecular formula is C7H11N5O3S3. The van der Waals surface area contributed by atoms with Gasteiger partial charge in [0.2, 0.25) is 15.4 Å². The van der Waals surface area contributed by atoms with Gasteiger partial charge in [-0.2, -0.15) is 4.72 Å². The second-order valence-electron chi connectivity index (χ2n) is 3.30. The zero-order valence-electron chi connectivity index (χ0n) is 9.50. The highest BCUT2D eigenvalue weighted by atomic mass is 32.2. The minimum atomic E-state index is -3.84. The van der Waals surface area contributed by atoms with E-state index in [2.05, 4.69) is 32.5 Å². The van der Waals surface area contributed by atoms with E-state index < -0.39 is 16.1 Å². The zero-order valence-corrected chi connectivity index (χ0v) is 11.9. The molecule has 0 saturated heterocycles. The molecule has 1 unspecified atom stereocenters. The molecule has 8 nitrogen and oxygen atoms in total. The van der Waals surface area contributed by atoms with E-state index in [1.807, 2.05) is 0 Å². The maximum Gasteiger partial charge on any atom is 0.270 e. The van der Waals surface area contributed by atoms with Gasteiger partial charge in [-0.05, 0) is 6.92 Å². The van der Waals surface area contributed by atoms with E-state index in [1.165, 1.54) is 13.8 Å². The second kappa shape index (κ2) is 5.65. The average Bonchev–Trinajstić information content (AvgIpc) is 2.64. The van der Waals surface area contributed by atoms with Crippen molar-refractivity contribution in [1.29, 1.82) is 0 Å². The first-order valence-electron chi connectivity index (χ1n) is 4.65. The molecule has 0 fully saturated rings. The molecule has 1 rings (SSSR count). The molecule has 0 bridgehead atoms. The molecule has 0 aliphatic rings. The van der Waals surface area contributed by atoms with Gasteiger partial charge in [0.05, 0.1) is 11.0 Å². The molecule has 1 aromatic heterocycles. The summed E-state index contributed by atoms with van der Waals surface area (Å²) in [5.41, 5.74) is 5.31. The summed E-state index contributed by atoms with van der Waals surface area (Å²) in [6.45, 7) is 2.79. The van der Waals surface area contributed by atoms with Crippen LogP contribution in [0.1, 0.15) is 13.8 Å². The molecule has 0 saturated carbocycles. The summed E-state index contributed by atoms with van der Waals surface area (Å²) in [6.07, 6.45) is 0. The number of carbonyl (C=O) groups excluding carboxylic acids is 1. The molecule has 0 aliphatic carbocycles. The first-order chi connectivity index (χ1) is 8.22. The molecule has 18 heavy (non-hydrogen) atoms. The highest BCUT2D eigenvalue weighted by Gasteiger charge is 2.23. The standard InChI is InChI=1S/C7H11N5O3S3/c1-3(5(8)16)12-18(14,15)7-11-10-6(17-7)9-4(2)13/h3,12H,1-2H3,(H2,8,16)(H,9,10,13). The van der Waals surface area contributed by atoms with Crippen LogP contribution in [0.5, 0.6) is 0 Å². The smallest absolute Gasteiger partial charge is 0.270 e. The number of nitrogens with one attached hydrogen (secondary N) is 2. The van der Waals surface area contributed by atoms with Crippen LogP contribution in [0, 0.1) is 0 Å². The van der Waals surface area contributed by atoms with Gasteiger partial charge in [-0.25, -0.2) is 8.42 Å². The van der Waals surface area contributed by atoms with E-state index in [1.54, 1.807) is 0 Å². The Morgan fingerprint density at radius 1 is 1.50 bits per heavy atom. The topological polar surface area (TPSA) is 127 Å². The Balaban J connectivity index is 2.89. The molecular weight excluding hydrogens is 298 g/mol. The fourth-order valence-electron chi connectivity index (χ4n) is 0.861. The van der Waals surface area contributed by atoms with Gasteiger partial charge in [0.25, 0.3) is 10.0 Å². The summed E-state index contributed by atoms with van der Waals surface area (Å²) in [6, 6.07) is -0.696. The van der Waals surface area contributed by atoms with Crippen molar-refractivity contribution in [3.05, 3.63) is 0 Å². The van der Waals surface area contributed by atoms with Crippen molar-refractivity contribution in [2.75, 3.05) is 5.32 Å². The lowest BCUT2D eigenvalue weighted by molar-refractivity contribution is -0.114. The Bertz CT molecular complexity index is 567. The number of nitrogens with zero attached hydrogens (tertiary/aromatic N) is 2. The zero-order chi connectivity index (χ0) is 13.9. The second-order valence-corrected chi connectivity index (χ2v) is 6.64. The summed E-state index contributed by atoms with van der Waals surface area (Å²) in [5.74, 6) is -0.362. The number of amides is 1. The van der Waals surface area contributed by atoms with Crippen molar-refractivity contribution in [3.63, 3.8) is 0 Å². The Morgan fingerprint density at radius 2 is 2.11 bits per heavy atom. The quantitative estimate of drug-likeness (QED) is 0.492. The molecule has 1 amide bonds. The van der Waals surface area contributed by atoms with E-state index in [0.29, 0.717) is 0 Å². The maximum atomic E-state index is 11.8. The molecule has 1 aromatic rings. The Hall–Kier alpha value is -1.17. The normalized spacial score (nSPS) is 13.0. The number of nitrogens with two attached hydrogens (primary N) is 1. The highest BCUT2D eigenvalue weighted by Crippen LogP contribution is 2.19.